The number of aromatic nitrogens is 3. The van der Waals surface area contributed by atoms with Crippen molar-refractivity contribution in [3.63, 3.8) is 0 Å². The summed E-state index contributed by atoms with van der Waals surface area (Å²) in [6, 6.07) is 13.1. The van der Waals surface area contributed by atoms with Gasteiger partial charge in [0.15, 0.2) is 5.69 Å². The predicted molar refractivity (Wildman–Crippen MR) is 105 cm³/mol. The summed E-state index contributed by atoms with van der Waals surface area (Å²) in [7, 11) is 0. The van der Waals surface area contributed by atoms with Crippen LogP contribution < -0.4 is 10.1 Å². The Kier molecular flexibility index (Phi) is 4.38. The zero-order valence-corrected chi connectivity index (χ0v) is 16.1. The highest BCUT2D eigenvalue weighted by Crippen LogP contribution is 2.40. The molecule has 3 aromatic rings. The largest absolute Gasteiger partial charge is 0.507 e. The molecule has 0 saturated carbocycles. The Morgan fingerprint density at radius 1 is 1.20 bits per heavy atom. The molecule has 4 rings (SSSR count). The fraction of sp³-hybridized carbons (Fsp3) is 0.118. The van der Waals surface area contributed by atoms with Gasteiger partial charge in [-0.2, -0.15) is 4.98 Å². The molecule has 8 heteroatoms. The molecular weight excluding hydrogens is 451 g/mol. The second-order valence-electron chi connectivity index (χ2n) is 5.34. The fourth-order valence-corrected chi connectivity index (χ4v) is 3.42. The molecule has 0 radical (unpaired) electrons. The fourth-order valence-electron chi connectivity index (χ4n) is 2.61. The van der Waals surface area contributed by atoms with Crippen LogP contribution in [0.15, 0.2) is 47.6 Å². The van der Waals surface area contributed by atoms with Gasteiger partial charge < -0.3 is 15.2 Å². The van der Waals surface area contributed by atoms with E-state index in [0.717, 1.165) is 14.8 Å². The van der Waals surface area contributed by atoms with Crippen molar-refractivity contribution in [1.29, 1.82) is 0 Å². The Balaban J connectivity index is 1.89. The lowest BCUT2D eigenvalue weighted by molar-refractivity contribution is 0.220. The number of rotatable bonds is 2. The second-order valence-corrected chi connectivity index (χ2v) is 7.36. The van der Waals surface area contributed by atoms with Crippen molar-refractivity contribution in [1.82, 2.24) is 15.2 Å². The van der Waals surface area contributed by atoms with Crippen molar-refractivity contribution in [2.75, 3.05) is 11.6 Å². The van der Waals surface area contributed by atoms with E-state index in [9.17, 15) is 5.11 Å². The highest BCUT2D eigenvalue weighted by molar-refractivity contribution is 14.1. The summed E-state index contributed by atoms with van der Waals surface area (Å²) in [6.45, 7) is 0. The minimum absolute atomic E-state index is 0.158. The molecule has 6 nitrogen and oxygen atoms in total. The first-order valence-corrected chi connectivity index (χ1v) is 9.76. The SMILES string of the molecule is CSc1nnc2c(n1)O[C@H](c1cc(I)ccc1O)Nc1ccccc1-2. The zero-order valence-electron chi connectivity index (χ0n) is 13.1. The standard InChI is InChI=1S/C17H13IN4O2S/c1-25-17-20-16-14(21-22-17)10-4-2-3-5-12(10)19-15(24-16)11-8-9(18)6-7-13(11)23/h2-8,15,19,23H,1H3/t15-/m1/s1. The number of benzene rings is 2. The smallest absolute Gasteiger partial charge is 0.247 e. The van der Waals surface area contributed by atoms with E-state index in [1.807, 2.05) is 42.7 Å². The number of aromatic hydroxyl groups is 1. The third-order valence-electron chi connectivity index (χ3n) is 3.79. The minimum Gasteiger partial charge on any atom is -0.507 e. The third kappa shape index (κ3) is 3.11. The summed E-state index contributed by atoms with van der Waals surface area (Å²) in [5, 5.41) is 22.6. The Bertz CT molecular complexity index is 954. The van der Waals surface area contributed by atoms with Gasteiger partial charge in [0.05, 0.1) is 5.56 Å². The second kappa shape index (κ2) is 6.68. The van der Waals surface area contributed by atoms with Crippen LogP contribution in [0.1, 0.15) is 11.8 Å². The number of halogens is 1. The lowest BCUT2D eigenvalue weighted by Crippen LogP contribution is -2.17. The number of nitrogens with zero attached hydrogens (tertiary/aromatic N) is 3. The molecule has 0 bridgehead atoms. The Hall–Kier alpha value is -2.07. The maximum atomic E-state index is 10.3. The van der Waals surface area contributed by atoms with E-state index in [0.29, 0.717) is 22.3 Å². The molecule has 0 unspecified atom stereocenters. The summed E-state index contributed by atoms with van der Waals surface area (Å²) in [4.78, 5) is 4.46. The first-order chi connectivity index (χ1) is 12.2. The number of para-hydroxylation sites is 1. The maximum Gasteiger partial charge on any atom is 0.247 e. The number of thioether (sulfide) groups is 1. The van der Waals surface area contributed by atoms with Crippen molar-refractivity contribution in [3.8, 4) is 22.9 Å². The van der Waals surface area contributed by atoms with Gasteiger partial charge in [0.25, 0.3) is 0 Å². The van der Waals surface area contributed by atoms with Gasteiger partial charge in [0.2, 0.25) is 17.3 Å². The van der Waals surface area contributed by atoms with Crippen LogP contribution >= 0.6 is 34.4 Å². The first-order valence-electron chi connectivity index (χ1n) is 7.45. The van der Waals surface area contributed by atoms with Crippen LogP contribution in [-0.4, -0.2) is 26.5 Å². The van der Waals surface area contributed by atoms with Crippen molar-refractivity contribution in [2.24, 2.45) is 0 Å². The molecule has 0 fully saturated rings. The number of hydrogen-bond acceptors (Lipinski definition) is 7. The molecule has 0 amide bonds. The van der Waals surface area contributed by atoms with E-state index in [1.165, 1.54) is 11.8 Å². The zero-order chi connectivity index (χ0) is 17.4. The van der Waals surface area contributed by atoms with E-state index in [4.69, 9.17) is 4.74 Å². The lowest BCUT2D eigenvalue weighted by atomic mass is 10.1. The van der Waals surface area contributed by atoms with Crippen molar-refractivity contribution in [3.05, 3.63) is 51.6 Å². The van der Waals surface area contributed by atoms with Gasteiger partial charge in [-0.25, -0.2) is 0 Å². The summed E-state index contributed by atoms with van der Waals surface area (Å²) in [5.41, 5.74) is 2.92. The van der Waals surface area contributed by atoms with Gasteiger partial charge in [-0.3, -0.25) is 0 Å². The Labute approximate surface area is 162 Å². The van der Waals surface area contributed by atoms with Crippen molar-refractivity contribution >= 4 is 40.0 Å². The summed E-state index contributed by atoms with van der Waals surface area (Å²) in [6.07, 6.45) is 1.29. The molecule has 1 aromatic heterocycles. The highest BCUT2D eigenvalue weighted by atomic mass is 127. The molecule has 0 spiro atoms. The van der Waals surface area contributed by atoms with Crippen LogP contribution in [0.25, 0.3) is 11.3 Å². The summed E-state index contributed by atoms with van der Waals surface area (Å²) >= 11 is 3.60. The van der Waals surface area contributed by atoms with Crippen LogP contribution in [-0.2, 0) is 0 Å². The summed E-state index contributed by atoms with van der Waals surface area (Å²) in [5.74, 6) is 0.547. The molecule has 1 atom stereocenters. The highest BCUT2D eigenvalue weighted by Gasteiger charge is 2.27. The van der Waals surface area contributed by atoms with Crippen LogP contribution in [0, 0.1) is 3.57 Å². The van der Waals surface area contributed by atoms with E-state index in [-0.39, 0.29) is 5.75 Å². The monoisotopic (exact) mass is 464 g/mol. The molecular formula is C17H13IN4O2S. The van der Waals surface area contributed by atoms with E-state index in [2.05, 4.69) is 43.1 Å². The normalized spacial score (nSPS) is 15.4. The first kappa shape index (κ1) is 16.4. The molecule has 0 aliphatic carbocycles. The number of anilines is 1. The van der Waals surface area contributed by atoms with Gasteiger partial charge in [-0.15, -0.1) is 10.2 Å². The van der Waals surface area contributed by atoms with E-state index >= 15 is 0 Å². The predicted octanol–water partition coefficient (Wildman–Crippen LogP) is 4.07. The number of phenols is 1. The molecule has 2 N–H and O–H groups in total. The molecule has 2 aromatic carbocycles. The molecule has 2 heterocycles. The van der Waals surface area contributed by atoms with Gasteiger partial charge in [-0.05, 0) is 53.1 Å². The minimum atomic E-state index is -0.594. The van der Waals surface area contributed by atoms with Crippen LogP contribution in [0.3, 0.4) is 0 Å². The number of phenolic OH excluding ortho intramolecular Hbond substituents is 1. The molecule has 0 saturated heterocycles. The quantitative estimate of drug-likeness (QED) is 0.437. The van der Waals surface area contributed by atoms with E-state index < -0.39 is 6.23 Å². The van der Waals surface area contributed by atoms with Crippen molar-refractivity contribution in [2.45, 2.75) is 11.4 Å². The molecule has 1 aliphatic rings. The van der Waals surface area contributed by atoms with Gasteiger partial charge in [0, 0.05) is 14.8 Å². The van der Waals surface area contributed by atoms with Crippen LogP contribution in [0.2, 0.25) is 0 Å². The average Bonchev–Trinajstić information content (AvgIpc) is 2.79. The van der Waals surface area contributed by atoms with Crippen LogP contribution in [0.4, 0.5) is 5.69 Å². The molecule has 1 aliphatic heterocycles. The van der Waals surface area contributed by atoms with E-state index in [1.54, 1.807) is 6.07 Å². The Morgan fingerprint density at radius 3 is 2.88 bits per heavy atom. The summed E-state index contributed by atoms with van der Waals surface area (Å²) < 4.78 is 7.10. The van der Waals surface area contributed by atoms with Crippen LogP contribution in [0.5, 0.6) is 11.6 Å². The number of fused-ring (bicyclic) bond motifs is 3. The number of ether oxygens (including phenoxy) is 1. The van der Waals surface area contributed by atoms with Gasteiger partial charge in [-0.1, -0.05) is 30.0 Å². The number of hydrogen-bond donors (Lipinski definition) is 2. The third-order valence-corrected chi connectivity index (χ3v) is 5.00. The average molecular weight is 464 g/mol. The van der Waals surface area contributed by atoms with Gasteiger partial charge in [0.1, 0.15) is 5.75 Å². The number of nitrogens with one attached hydrogen (secondary N) is 1. The molecule has 126 valence electrons. The molecule has 25 heavy (non-hydrogen) atoms. The lowest BCUT2D eigenvalue weighted by Gasteiger charge is -2.20. The van der Waals surface area contributed by atoms with Gasteiger partial charge >= 0.3 is 0 Å². The maximum absolute atomic E-state index is 10.3. The topological polar surface area (TPSA) is 80.2 Å². The van der Waals surface area contributed by atoms with Crippen molar-refractivity contribution < 1.29 is 9.84 Å². The Morgan fingerprint density at radius 2 is 2.04 bits per heavy atom.